The molecular weight excluding hydrogens is 110 g/mol. The molecule has 0 aromatic rings. The van der Waals surface area contributed by atoms with Gasteiger partial charge in [-0.05, 0) is 39.8 Å². The molecular formula is C8H17N. The number of hydrogen-bond acceptors (Lipinski definition) is 1. The molecule has 54 valence electrons. The zero-order valence-electron chi connectivity index (χ0n) is 7.48. The molecule has 9 heavy (non-hydrogen) atoms. The average molecular weight is 128 g/mol. The van der Waals surface area contributed by atoms with Crippen LogP contribution in [-0.2, 0) is 0 Å². The lowest BCUT2D eigenvalue weighted by Gasteiger charge is -2.29. The highest BCUT2D eigenvalue weighted by atomic mass is 15.1. The third-order valence-corrected chi connectivity index (χ3v) is 1.99. The minimum atomic E-state index is -0.347. The molecule has 1 rings (SSSR count). The van der Waals surface area contributed by atoms with Crippen LogP contribution in [0.25, 0.3) is 0 Å². The predicted molar refractivity (Wildman–Crippen MR) is 40.6 cm³/mol. The van der Waals surface area contributed by atoms with Gasteiger partial charge in [-0.25, -0.2) is 0 Å². The summed E-state index contributed by atoms with van der Waals surface area (Å²) in [5, 5.41) is 0. The first-order valence-electron chi connectivity index (χ1n) is 4.36. The fourth-order valence-electron chi connectivity index (χ4n) is 1.34. The summed E-state index contributed by atoms with van der Waals surface area (Å²) >= 11 is 0. The topological polar surface area (TPSA) is 3.24 Å². The molecule has 0 bridgehead atoms. The number of piperidine rings is 1. The minimum Gasteiger partial charge on any atom is -0.301 e. The Bertz CT molecular complexity index is 100. The van der Waals surface area contributed by atoms with Gasteiger partial charge in [0.15, 0.2) is 0 Å². The van der Waals surface area contributed by atoms with Crippen LogP contribution < -0.4 is 0 Å². The molecule has 1 saturated heterocycles. The van der Waals surface area contributed by atoms with Crippen molar-refractivity contribution in [2.75, 3.05) is 13.1 Å². The van der Waals surface area contributed by atoms with Crippen molar-refractivity contribution in [3.63, 3.8) is 0 Å². The van der Waals surface area contributed by atoms with E-state index in [9.17, 15) is 0 Å². The van der Waals surface area contributed by atoms with Crippen LogP contribution >= 0.6 is 0 Å². The summed E-state index contributed by atoms with van der Waals surface area (Å²) in [5.41, 5.74) is 0. The van der Waals surface area contributed by atoms with Gasteiger partial charge >= 0.3 is 0 Å². The Labute approximate surface area is 59.5 Å². The van der Waals surface area contributed by atoms with Crippen molar-refractivity contribution in [1.82, 2.24) is 4.90 Å². The molecule has 0 N–H and O–H groups in total. The van der Waals surface area contributed by atoms with Gasteiger partial charge in [-0.3, -0.25) is 0 Å². The maximum Gasteiger partial charge on any atom is 0.0461 e. The van der Waals surface area contributed by atoms with Gasteiger partial charge in [0.25, 0.3) is 0 Å². The van der Waals surface area contributed by atoms with E-state index in [2.05, 4.69) is 4.90 Å². The van der Waals surface area contributed by atoms with Crippen LogP contribution in [0.2, 0.25) is 0 Å². The van der Waals surface area contributed by atoms with Crippen LogP contribution in [0, 0.1) is 0 Å². The van der Waals surface area contributed by atoms with Crippen molar-refractivity contribution < 1.29 is 1.37 Å². The van der Waals surface area contributed by atoms with Gasteiger partial charge in [-0.2, -0.15) is 0 Å². The first-order valence-corrected chi connectivity index (χ1v) is 3.86. The van der Waals surface area contributed by atoms with Gasteiger partial charge in [0.2, 0.25) is 0 Å². The van der Waals surface area contributed by atoms with Gasteiger partial charge in [0.05, 0.1) is 0 Å². The Hall–Kier alpha value is -0.0400. The fourth-order valence-corrected chi connectivity index (χ4v) is 1.34. The molecule has 0 amide bonds. The maximum atomic E-state index is 7.75. The Morgan fingerprint density at radius 2 is 1.78 bits per heavy atom. The largest absolute Gasteiger partial charge is 0.301 e. The molecule has 0 atom stereocenters. The molecule has 1 fully saturated rings. The standard InChI is InChI=1S/C8H17N/c1-8(2)9-6-4-3-5-7-9/h8H,3-7H2,1-2H3/i8D. The lowest BCUT2D eigenvalue weighted by molar-refractivity contribution is 0.185. The van der Waals surface area contributed by atoms with E-state index in [1.54, 1.807) is 0 Å². The van der Waals surface area contributed by atoms with Gasteiger partial charge in [-0.1, -0.05) is 6.42 Å². The molecule has 1 aliphatic rings. The lowest BCUT2D eigenvalue weighted by atomic mass is 10.1. The molecule has 0 radical (unpaired) electrons. The Morgan fingerprint density at radius 1 is 1.22 bits per heavy atom. The zero-order chi connectivity index (χ0) is 7.61. The molecule has 1 heteroatoms. The van der Waals surface area contributed by atoms with Crippen LogP contribution in [0.1, 0.15) is 34.5 Å². The second-order valence-corrected chi connectivity index (χ2v) is 2.99. The van der Waals surface area contributed by atoms with Crippen molar-refractivity contribution in [1.29, 1.82) is 0 Å². The highest BCUT2D eigenvalue weighted by Crippen LogP contribution is 2.10. The van der Waals surface area contributed by atoms with Crippen molar-refractivity contribution in [2.24, 2.45) is 0 Å². The third-order valence-electron chi connectivity index (χ3n) is 1.99. The van der Waals surface area contributed by atoms with Crippen molar-refractivity contribution in [3.05, 3.63) is 0 Å². The zero-order valence-corrected chi connectivity index (χ0v) is 6.48. The van der Waals surface area contributed by atoms with Gasteiger partial charge in [-0.15, -0.1) is 0 Å². The van der Waals surface area contributed by atoms with E-state index in [0.29, 0.717) is 0 Å². The van der Waals surface area contributed by atoms with Crippen LogP contribution in [0.15, 0.2) is 0 Å². The van der Waals surface area contributed by atoms with Gasteiger partial charge in [0.1, 0.15) is 0 Å². The summed E-state index contributed by atoms with van der Waals surface area (Å²) < 4.78 is 7.75. The normalized spacial score (nSPS) is 25.8. The maximum absolute atomic E-state index is 7.75. The summed E-state index contributed by atoms with van der Waals surface area (Å²) in [5.74, 6) is 0. The summed E-state index contributed by atoms with van der Waals surface area (Å²) in [7, 11) is 0. The van der Waals surface area contributed by atoms with Gasteiger partial charge in [0, 0.05) is 7.39 Å². The number of hydrogen-bond donors (Lipinski definition) is 0. The number of rotatable bonds is 1. The van der Waals surface area contributed by atoms with Crippen molar-refractivity contribution in [2.45, 2.75) is 39.1 Å². The monoisotopic (exact) mass is 128 g/mol. The molecule has 1 nitrogen and oxygen atoms in total. The van der Waals surface area contributed by atoms with Crippen LogP contribution in [0.3, 0.4) is 0 Å². The minimum absolute atomic E-state index is 0.347. The van der Waals surface area contributed by atoms with E-state index < -0.39 is 0 Å². The van der Waals surface area contributed by atoms with E-state index in [-0.39, 0.29) is 6.02 Å². The van der Waals surface area contributed by atoms with E-state index in [1.165, 1.54) is 19.3 Å². The van der Waals surface area contributed by atoms with Crippen LogP contribution in [0.5, 0.6) is 0 Å². The molecule has 0 aromatic heterocycles. The smallest absolute Gasteiger partial charge is 0.0461 e. The molecule has 0 unspecified atom stereocenters. The quantitative estimate of drug-likeness (QED) is 0.521. The Balaban J connectivity index is 2.39. The summed E-state index contributed by atoms with van der Waals surface area (Å²) in [6.07, 6.45) is 3.91. The second-order valence-electron chi connectivity index (χ2n) is 2.99. The van der Waals surface area contributed by atoms with E-state index >= 15 is 0 Å². The average Bonchev–Trinajstić information content (AvgIpc) is 1.88. The third kappa shape index (κ3) is 1.98. The van der Waals surface area contributed by atoms with E-state index in [1.807, 2.05) is 13.8 Å². The van der Waals surface area contributed by atoms with Gasteiger partial charge < -0.3 is 4.90 Å². The summed E-state index contributed by atoms with van der Waals surface area (Å²) in [6.45, 7) is 6.18. The lowest BCUT2D eigenvalue weighted by Crippen LogP contribution is -2.35. The Kier molecular flexibility index (Phi) is 2.04. The van der Waals surface area contributed by atoms with Crippen LogP contribution in [0.4, 0.5) is 0 Å². The van der Waals surface area contributed by atoms with Crippen molar-refractivity contribution >= 4 is 0 Å². The molecule has 0 aromatic carbocycles. The molecule has 0 saturated carbocycles. The van der Waals surface area contributed by atoms with Crippen LogP contribution in [-0.4, -0.2) is 24.0 Å². The molecule has 1 heterocycles. The predicted octanol–water partition coefficient (Wildman–Crippen LogP) is 1.88. The second kappa shape index (κ2) is 3.21. The fraction of sp³-hybridized carbons (Fsp3) is 1.00. The first-order chi connectivity index (χ1) is 4.61. The molecule has 0 aliphatic carbocycles. The summed E-state index contributed by atoms with van der Waals surface area (Å²) in [6, 6.07) is -0.347. The SMILES string of the molecule is [2H]C(C)(C)N1CCCCC1. The molecule has 0 spiro atoms. The number of likely N-dealkylation sites (tertiary alicyclic amines) is 1. The van der Waals surface area contributed by atoms with Crippen molar-refractivity contribution in [3.8, 4) is 0 Å². The Morgan fingerprint density at radius 3 is 2.11 bits per heavy atom. The van der Waals surface area contributed by atoms with E-state index in [0.717, 1.165) is 13.1 Å². The highest BCUT2D eigenvalue weighted by molar-refractivity contribution is 4.67. The number of nitrogens with zero attached hydrogens (tertiary/aromatic N) is 1. The van der Waals surface area contributed by atoms with E-state index in [4.69, 9.17) is 1.37 Å². The summed E-state index contributed by atoms with van der Waals surface area (Å²) in [4.78, 5) is 2.25. The first kappa shape index (κ1) is 5.72. The molecule has 1 aliphatic heterocycles. The highest BCUT2D eigenvalue weighted by Gasteiger charge is 2.11.